The Kier molecular flexibility index (Phi) is 4.94. The summed E-state index contributed by atoms with van der Waals surface area (Å²) in [4.78, 5) is 27.7. The first-order valence-electron chi connectivity index (χ1n) is 8.88. The molecule has 1 N–H and O–H groups in total. The predicted molar refractivity (Wildman–Crippen MR) is 96.9 cm³/mol. The molecular weight excluding hydrogens is 320 g/mol. The van der Waals surface area contributed by atoms with Gasteiger partial charge in [0.1, 0.15) is 0 Å². The van der Waals surface area contributed by atoms with Crippen molar-refractivity contribution in [3.63, 3.8) is 0 Å². The van der Waals surface area contributed by atoms with E-state index in [2.05, 4.69) is 17.3 Å². The summed E-state index contributed by atoms with van der Waals surface area (Å²) in [6, 6.07) is 3.62. The van der Waals surface area contributed by atoms with E-state index in [-0.39, 0.29) is 11.7 Å². The van der Waals surface area contributed by atoms with Gasteiger partial charge in [0.25, 0.3) is 5.69 Å². The molecule has 0 unspecified atom stereocenters. The minimum Gasteiger partial charge on any atom is -0.324 e. The number of hydrogen-bond donors (Lipinski definition) is 1. The second kappa shape index (κ2) is 7.00. The molecule has 7 nitrogen and oxygen atoms in total. The molecule has 0 radical (unpaired) electrons. The number of piperidine rings is 2. The molecule has 2 heterocycles. The number of anilines is 1. The zero-order chi connectivity index (χ0) is 18.1. The molecule has 1 aromatic rings. The molecule has 2 saturated heterocycles. The van der Waals surface area contributed by atoms with Crippen LogP contribution in [0.15, 0.2) is 12.1 Å². The number of fused-ring (bicyclic) bond motifs is 1. The third-order valence-electron chi connectivity index (χ3n) is 5.61. The summed E-state index contributed by atoms with van der Waals surface area (Å²) in [5.41, 5.74) is 1.99. The maximum Gasteiger partial charge on any atom is 0.321 e. The van der Waals surface area contributed by atoms with E-state index < -0.39 is 4.92 Å². The van der Waals surface area contributed by atoms with Crippen LogP contribution in [0.4, 0.5) is 16.2 Å². The Hall–Kier alpha value is -2.15. The number of carbonyl (C=O) groups is 1. The third kappa shape index (κ3) is 3.61. The second-order valence-corrected chi connectivity index (χ2v) is 7.33. The number of nitrogens with zero attached hydrogens (tertiary/aromatic N) is 3. The summed E-state index contributed by atoms with van der Waals surface area (Å²) in [5, 5.41) is 14.0. The number of benzene rings is 1. The van der Waals surface area contributed by atoms with E-state index in [1.54, 1.807) is 13.0 Å². The van der Waals surface area contributed by atoms with Gasteiger partial charge < -0.3 is 15.1 Å². The smallest absolute Gasteiger partial charge is 0.321 e. The molecule has 25 heavy (non-hydrogen) atoms. The van der Waals surface area contributed by atoms with Crippen molar-refractivity contribution in [1.29, 1.82) is 0 Å². The van der Waals surface area contributed by atoms with E-state index >= 15 is 0 Å². The van der Waals surface area contributed by atoms with E-state index in [1.165, 1.54) is 12.5 Å². The van der Waals surface area contributed by atoms with Gasteiger partial charge in [-0.05, 0) is 64.3 Å². The molecule has 0 aliphatic carbocycles. The normalized spacial score (nSPS) is 23.9. The first-order chi connectivity index (χ1) is 11.9. The van der Waals surface area contributed by atoms with Crippen molar-refractivity contribution in [2.45, 2.75) is 39.2 Å². The highest BCUT2D eigenvalue weighted by molar-refractivity contribution is 5.90. The fraction of sp³-hybridized carbons (Fsp3) is 0.611. The van der Waals surface area contributed by atoms with E-state index in [9.17, 15) is 14.9 Å². The Balaban J connectivity index is 1.71. The Bertz CT molecular complexity index is 691. The number of nitrogens with one attached hydrogen (secondary N) is 1. The lowest BCUT2D eigenvalue weighted by Crippen LogP contribution is -2.54. The summed E-state index contributed by atoms with van der Waals surface area (Å²) in [7, 11) is 2.17. The van der Waals surface area contributed by atoms with Gasteiger partial charge in [0, 0.05) is 30.8 Å². The predicted octanol–water partition coefficient (Wildman–Crippen LogP) is 3.16. The Labute approximate surface area is 148 Å². The Morgan fingerprint density at radius 1 is 1.24 bits per heavy atom. The van der Waals surface area contributed by atoms with E-state index in [1.807, 2.05) is 11.8 Å². The van der Waals surface area contributed by atoms with Gasteiger partial charge in [0.05, 0.1) is 10.6 Å². The molecular formula is C18H26N4O3. The maximum absolute atomic E-state index is 12.7. The lowest BCUT2D eigenvalue weighted by Gasteiger charge is -2.45. The van der Waals surface area contributed by atoms with Gasteiger partial charge in [0.15, 0.2) is 0 Å². The molecule has 1 aromatic carbocycles. The van der Waals surface area contributed by atoms with Crippen molar-refractivity contribution in [3.8, 4) is 0 Å². The number of amides is 2. The van der Waals surface area contributed by atoms with Crippen LogP contribution in [0.3, 0.4) is 0 Å². The van der Waals surface area contributed by atoms with E-state index in [0.717, 1.165) is 38.0 Å². The maximum atomic E-state index is 12.7. The molecule has 3 rings (SSSR count). The topological polar surface area (TPSA) is 78.7 Å². The molecule has 0 bridgehead atoms. The average molecular weight is 346 g/mol. The number of hydrogen-bond acceptors (Lipinski definition) is 4. The third-order valence-corrected chi connectivity index (χ3v) is 5.61. The first-order valence-corrected chi connectivity index (χ1v) is 8.88. The molecule has 2 aliphatic rings. The van der Waals surface area contributed by atoms with Crippen LogP contribution >= 0.6 is 0 Å². The summed E-state index contributed by atoms with van der Waals surface area (Å²) < 4.78 is 0. The Morgan fingerprint density at radius 2 is 2.00 bits per heavy atom. The van der Waals surface area contributed by atoms with Gasteiger partial charge in [0.2, 0.25) is 0 Å². The number of nitro groups is 1. The minimum atomic E-state index is -0.409. The quantitative estimate of drug-likeness (QED) is 0.659. The van der Waals surface area contributed by atoms with Crippen molar-refractivity contribution in [3.05, 3.63) is 33.4 Å². The number of urea groups is 1. The van der Waals surface area contributed by atoms with Gasteiger partial charge in [-0.15, -0.1) is 0 Å². The van der Waals surface area contributed by atoms with Crippen LogP contribution in [0.25, 0.3) is 0 Å². The fourth-order valence-electron chi connectivity index (χ4n) is 4.20. The zero-order valence-electron chi connectivity index (χ0n) is 15.1. The average Bonchev–Trinajstić information content (AvgIpc) is 2.56. The lowest BCUT2D eigenvalue weighted by atomic mass is 9.84. The van der Waals surface area contributed by atoms with Gasteiger partial charge in [-0.1, -0.05) is 0 Å². The molecule has 7 heteroatoms. The molecule has 0 aromatic heterocycles. The zero-order valence-corrected chi connectivity index (χ0v) is 15.1. The molecule has 0 spiro atoms. The highest BCUT2D eigenvalue weighted by atomic mass is 16.6. The molecule has 136 valence electrons. The fourth-order valence-corrected chi connectivity index (χ4v) is 4.20. The molecule has 2 fully saturated rings. The van der Waals surface area contributed by atoms with E-state index in [0.29, 0.717) is 23.2 Å². The van der Waals surface area contributed by atoms with Crippen LogP contribution in [-0.4, -0.2) is 53.5 Å². The number of carbonyl (C=O) groups excluding carboxylic acids is 1. The van der Waals surface area contributed by atoms with Crippen molar-refractivity contribution >= 4 is 17.4 Å². The van der Waals surface area contributed by atoms with E-state index in [4.69, 9.17) is 0 Å². The van der Waals surface area contributed by atoms with Gasteiger partial charge >= 0.3 is 6.03 Å². The molecule has 2 amide bonds. The molecule has 0 saturated carbocycles. The molecule has 2 atom stereocenters. The number of aryl methyl sites for hydroxylation is 2. The minimum absolute atomic E-state index is 0.0357. The first kappa shape index (κ1) is 17.7. The van der Waals surface area contributed by atoms with Gasteiger partial charge in [-0.2, -0.15) is 0 Å². The molecule has 2 aliphatic heterocycles. The van der Waals surface area contributed by atoms with Crippen molar-refractivity contribution in [2.75, 3.05) is 32.0 Å². The summed E-state index contributed by atoms with van der Waals surface area (Å²) in [6.07, 6.45) is 3.33. The number of nitro benzene ring substituents is 1. The monoisotopic (exact) mass is 346 g/mol. The van der Waals surface area contributed by atoms with Crippen LogP contribution in [0.5, 0.6) is 0 Å². The van der Waals surface area contributed by atoms with Crippen molar-refractivity contribution in [1.82, 2.24) is 9.80 Å². The highest BCUT2D eigenvalue weighted by Crippen LogP contribution is 2.31. The standard InChI is InChI=1S/C18H26N4O3/c1-12-9-13(2)17(22(24)25)10-15(12)19-18(23)21-8-6-16-14(11-21)5-4-7-20(16)3/h9-10,14,16H,4-8,11H2,1-3H3,(H,19,23)/t14-,16+/m1/s1. The summed E-state index contributed by atoms with van der Waals surface area (Å²) >= 11 is 0. The van der Waals surface area contributed by atoms with Gasteiger partial charge in [-0.3, -0.25) is 10.1 Å². The van der Waals surface area contributed by atoms with Crippen LogP contribution < -0.4 is 5.32 Å². The highest BCUT2D eigenvalue weighted by Gasteiger charge is 2.35. The van der Waals surface area contributed by atoms with Crippen molar-refractivity contribution in [2.24, 2.45) is 5.92 Å². The lowest BCUT2D eigenvalue weighted by molar-refractivity contribution is -0.385. The van der Waals surface area contributed by atoms with Crippen LogP contribution in [0, 0.1) is 29.9 Å². The SMILES string of the molecule is Cc1cc(C)c([N+](=O)[O-])cc1NC(=O)N1CC[C@H]2[C@H](CCCN2C)C1. The van der Waals surface area contributed by atoms with Crippen molar-refractivity contribution < 1.29 is 9.72 Å². The van der Waals surface area contributed by atoms with Crippen LogP contribution in [0.2, 0.25) is 0 Å². The second-order valence-electron chi connectivity index (χ2n) is 7.33. The number of rotatable bonds is 2. The number of likely N-dealkylation sites (tertiary alicyclic amines) is 2. The van der Waals surface area contributed by atoms with Crippen LogP contribution in [0.1, 0.15) is 30.4 Å². The largest absolute Gasteiger partial charge is 0.324 e. The summed E-state index contributed by atoms with van der Waals surface area (Å²) in [6.45, 7) is 6.19. The summed E-state index contributed by atoms with van der Waals surface area (Å²) in [5.74, 6) is 0.520. The van der Waals surface area contributed by atoms with Gasteiger partial charge in [-0.25, -0.2) is 4.79 Å². The van der Waals surface area contributed by atoms with Crippen LogP contribution in [-0.2, 0) is 0 Å². The Morgan fingerprint density at radius 3 is 2.72 bits per heavy atom.